The van der Waals surface area contributed by atoms with E-state index in [2.05, 4.69) is 39.2 Å². The van der Waals surface area contributed by atoms with Gasteiger partial charge in [-0.1, -0.05) is 58.8 Å². The molecule has 2 nitrogen and oxygen atoms in total. The number of nitrogens with one attached hydrogen (secondary N) is 1. The molecule has 0 aromatic carbocycles. The lowest BCUT2D eigenvalue weighted by molar-refractivity contribution is -0.129. The van der Waals surface area contributed by atoms with Gasteiger partial charge in [-0.2, -0.15) is 0 Å². The summed E-state index contributed by atoms with van der Waals surface area (Å²) in [5.74, 6) is 1.11. The van der Waals surface area contributed by atoms with Crippen molar-refractivity contribution < 1.29 is 4.79 Å². The molecule has 0 spiro atoms. The van der Waals surface area contributed by atoms with Crippen LogP contribution in [0.15, 0.2) is 0 Å². The Morgan fingerprint density at radius 1 is 1.10 bits per heavy atom. The summed E-state index contributed by atoms with van der Waals surface area (Å²) in [5.41, 5.74) is -0.264. The molecule has 1 fully saturated rings. The summed E-state index contributed by atoms with van der Waals surface area (Å²) in [7, 11) is -0.899. The molecule has 1 saturated heterocycles. The summed E-state index contributed by atoms with van der Waals surface area (Å²) >= 11 is 0. The van der Waals surface area contributed by atoms with Crippen molar-refractivity contribution in [1.29, 1.82) is 0 Å². The predicted molar refractivity (Wildman–Crippen MR) is 95.6 cm³/mol. The van der Waals surface area contributed by atoms with Crippen molar-refractivity contribution in [2.24, 2.45) is 11.3 Å². The number of Topliss-reactive ketones (excluding diaryl/α,β-unsaturated/α-hetero) is 1. The number of ketones is 1. The van der Waals surface area contributed by atoms with Crippen LogP contribution < -0.4 is 5.32 Å². The quantitative estimate of drug-likeness (QED) is 0.751. The van der Waals surface area contributed by atoms with Gasteiger partial charge in [0.05, 0.1) is 6.04 Å². The largest absolute Gasteiger partial charge is 0.303 e. The molecular formula is C18H37NOSi. The van der Waals surface area contributed by atoms with Crippen molar-refractivity contribution >= 4 is 13.9 Å². The Bertz CT molecular complexity index is 352. The van der Waals surface area contributed by atoms with E-state index in [-0.39, 0.29) is 17.0 Å². The first-order chi connectivity index (χ1) is 9.30. The fraction of sp³-hybridized carbons (Fsp3) is 0.944. The smallest absolute Gasteiger partial charge is 0.155 e. The minimum absolute atomic E-state index is 0.00569. The van der Waals surface area contributed by atoms with Crippen molar-refractivity contribution in [3.8, 4) is 0 Å². The van der Waals surface area contributed by atoms with E-state index in [0.717, 1.165) is 12.3 Å². The topological polar surface area (TPSA) is 29.1 Å². The highest BCUT2D eigenvalue weighted by atomic mass is 28.3. The Kier molecular flexibility index (Phi) is 5.88. The first-order valence-electron chi connectivity index (χ1n) is 8.62. The molecule has 21 heavy (non-hydrogen) atoms. The molecule has 0 aromatic heterocycles. The van der Waals surface area contributed by atoms with Gasteiger partial charge in [-0.3, -0.25) is 4.79 Å². The van der Waals surface area contributed by atoms with Crippen LogP contribution in [0.4, 0.5) is 0 Å². The maximum absolute atomic E-state index is 12.8. The fourth-order valence-corrected chi connectivity index (χ4v) is 5.93. The average molecular weight is 312 g/mol. The van der Waals surface area contributed by atoms with Gasteiger partial charge in [0.25, 0.3) is 0 Å². The van der Waals surface area contributed by atoms with E-state index in [1.807, 2.05) is 20.8 Å². The van der Waals surface area contributed by atoms with E-state index >= 15 is 0 Å². The second-order valence-corrected chi connectivity index (χ2v) is 15.2. The zero-order valence-corrected chi connectivity index (χ0v) is 16.6. The van der Waals surface area contributed by atoms with Gasteiger partial charge in [0.15, 0.2) is 5.78 Å². The Morgan fingerprint density at radius 2 is 1.57 bits per heavy atom. The Hall–Kier alpha value is -0.153. The minimum Gasteiger partial charge on any atom is -0.303 e. The van der Waals surface area contributed by atoms with Crippen molar-refractivity contribution in [3.63, 3.8) is 0 Å². The monoisotopic (exact) mass is 311 g/mol. The number of hydrogen-bond donors (Lipinski definition) is 1. The molecule has 3 heteroatoms. The number of rotatable bonds is 4. The van der Waals surface area contributed by atoms with Crippen molar-refractivity contribution in [2.75, 3.05) is 0 Å². The van der Waals surface area contributed by atoms with E-state index in [9.17, 15) is 4.79 Å². The zero-order valence-electron chi connectivity index (χ0n) is 15.6. The SMILES string of the molecule is CC(C)(C)NC(CC1CC[Si](C)(C)CC1)C(=O)C(C)(C)C. The first kappa shape index (κ1) is 18.9. The number of carbonyl (C=O) groups excluding carboxylic acids is 1. The van der Waals surface area contributed by atoms with E-state index in [0.29, 0.717) is 5.78 Å². The third-order valence-electron chi connectivity index (χ3n) is 4.69. The van der Waals surface area contributed by atoms with Gasteiger partial charge in [0, 0.05) is 19.0 Å². The van der Waals surface area contributed by atoms with Crippen LogP contribution in [0.5, 0.6) is 0 Å². The third-order valence-corrected chi connectivity index (χ3v) is 7.98. The summed E-state index contributed by atoms with van der Waals surface area (Å²) in [5, 5.41) is 3.59. The summed E-state index contributed by atoms with van der Waals surface area (Å²) in [4.78, 5) is 12.8. The summed E-state index contributed by atoms with van der Waals surface area (Å²) in [6, 6.07) is 2.88. The van der Waals surface area contributed by atoms with Crippen molar-refractivity contribution in [2.45, 2.75) is 97.6 Å². The molecule has 0 aromatic rings. The molecule has 1 unspecified atom stereocenters. The second kappa shape index (κ2) is 6.53. The van der Waals surface area contributed by atoms with E-state index < -0.39 is 8.07 Å². The van der Waals surface area contributed by atoms with Crippen LogP contribution in [0, 0.1) is 11.3 Å². The summed E-state index contributed by atoms with van der Waals surface area (Å²) in [6.45, 7) is 17.6. The fourth-order valence-electron chi connectivity index (χ4n) is 3.30. The van der Waals surface area contributed by atoms with Gasteiger partial charge in [-0.15, -0.1) is 0 Å². The molecule has 1 rings (SSSR count). The van der Waals surface area contributed by atoms with Gasteiger partial charge in [0.1, 0.15) is 0 Å². The molecule has 0 saturated carbocycles. The Balaban J connectivity index is 2.72. The third kappa shape index (κ3) is 6.64. The van der Waals surface area contributed by atoms with E-state index in [1.54, 1.807) is 0 Å². The molecular weight excluding hydrogens is 274 g/mol. The van der Waals surface area contributed by atoms with Crippen molar-refractivity contribution in [3.05, 3.63) is 0 Å². The normalized spacial score (nSPS) is 22.1. The molecule has 124 valence electrons. The maximum atomic E-state index is 12.8. The van der Waals surface area contributed by atoms with Crippen LogP contribution >= 0.6 is 0 Å². The second-order valence-electron chi connectivity index (χ2n) is 9.90. The molecule has 0 bridgehead atoms. The minimum atomic E-state index is -0.899. The highest BCUT2D eigenvalue weighted by Gasteiger charge is 2.35. The van der Waals surface area contributed by atoms with E-state index in [1.165, 1.54) is 24.9 Å². The van der Waals surface area contributed by atoms with Crippen molar-refractivity contribution in [1.82, 2.24) is 5.32 Å². The molecule has 0 aliphatic carbocycles. The highest BCUT2D eigenvalue weighted by molar-refractivity contribution is 6.77. The van der Waals surface area contributed by atoms with Gasteiger partial charge in [-0.25, -0.2) is 0 Å². The molecule has 1 aliphatic rings. The maximum Gasteiger partial charge on any atom is 0.155 e. The zero-order chi connectivity index (χ0) is 16.5. The predicted octanol–water partition coefficient (Wildman–Crippen LogP) is 4.87. The number of hydrogen-bond acceptors (Lipinski definition) is 2. The van der Waals surface area contributed by atoms with Gasteiger partial charge >= 0.3 is 0 Å². The van der Waals surface area contributed by atoms with Crippen LogP contribution in [-0.2, 0) is 4.79 Å². The van der Waals surface area contributed by atoms with E-state index in [4.69, 9.17) is 0 Å². The van der Waals surface area contributed by atoms with Crippen LogP contribution in [-0.4, -0.2) is 25.4 Å². The van der Waals surface area contributed by atoms with Crippen LogP contribution in [0.25, 0.3) is 0 Å². The van der Waals surface area contributed by atoms with Gasteiger partial charge in [-0.05, 0) is 33.1 Å². The average Bonchev–Trinajstić information content (AvgIpc) is 2.27. The number of carbonyl (C=O) groups is 1. The molecule has 1 aliphatic heterocycles. The summed E-state index contributed by atoms with van der Waals surface area (Å²) < 4.78 is 0. The molecule has 1 heterocycles. The van der Waals surface area contributed by atoms with Gasteiger partial charge < -0.3 is 5.32 Å². The Labute approximate surface area is 133 Å². The molecule has 0 radical (unpaired) electrons. The standard InChI is InChI=1S/C18H37NOSi/c1-17(2,3)16(20)15(19-18(4,5)6)13-14-9-11-21(7,8)12-10-14/h14-15,19H,9-13H2,1-8H3. The first-order valence-corrected chi connectivity index (χ1v) is 12.0. The molecule has 0 amide bonds. The Morgan fingerprint density at radius 3 is 1.95 bits per heavy atom. The van der Waals surface area contributed by atoms with Gasteiger partial charge in [0.2, 0.25) is 0 Å². The lowest BCUT2D eigenvalue weighted by Gasteiger charge is -2.37. The van der Waals surface area contributed by atoms with Crippen LogP contribution in [0.3, 0.4) is 0 Å². The molecule has 1 atom stereocenters. The highest BCUT2D eigenvalue weighted by Crippen LogP contribution is 2.35. The lowest BCUT2D eigenvalue weighted by Crippen LogP contribution is -2.51. The lowest BCUT2D eigenvalue weighted by atomic mass is 9.81. The van der Waals surface area contributed by atoms with Crippen LogP contribution in [0.1, 0.15) is 60.8 Å². The molecule has 1 N–H and O–H groups in total. The van der Waals surface area contributed by atoms with Crippen LogP contribution in [0.2, 0.25) is 25.2 Å². The summed E-state index contributed by atoms with van der Waals surface area (Å²) in [6.07, 6.45) is 3.69.